The number of halogens is 2. The van der Waals surface area contributed by atoms with Gasteiger partial charge >= 0.3 is 0 Å². The van der Waals surface area contributed by atoms with Crippen molar-refractivity contribution in [3.05, 3.63) is 70.2 Å². The molecule has 0 bridgehead atoms. The third-order valence-electron chi connectivity index (χ3n) is 3.37. The number of rotatable bonds is 4. The van der Waals surface area contributed by atoms with Gasteiger partial charge in [-0.05, 0) is 31.5 Å². The van der Waals surface area contributed by atoms with Crippen LogP contribution in [0.25, 0.3) is 5.69 Å². The zero-order chi connectivity index (χ0) is 17.6. The highest BCUT2D eigenvalue weighted by atomic mass is 19.1. The molecule has 3 nitrogen and oxygen atoms in total. The van der Waals surface area contributed by atoms with E-state index < -0.39 is 17.2 Å². The quantitative estimate of drug-likeness (QED) is 0.850. The average Bonchev–Trinajstić information content (AvgIpc) is 2.54. The van der Waals surface area contributed by atoms with Crippen molar-refractivity contribution in [3.8, 4) is 5.69 Å². The normalized spacial score (nSPS) is 9.83. The van der Waals surface area contributed by atoms with Crippen molar-refractivity contribution in [1.82, 2.24) is 4.57 Å². The Bertz CT molecular complexity index is 731. The summed E-state index contributed by atoms with van der Waals surface area (Å²) in [5, 5.41) is 3.03. The van der Waals surface area contributed by atoms with Crippen LogP contribution in [0, 0.1) is 25.5 Å². The number of para-hydroxylation sites is 1. The predicted molar refractivity (Wildman–Crippen MR) is 91.5 cm³/mol. The minimum atomic E-state index is -0.772. The molecule has 1 aromatic carbocycles. The molecule has 0 aliphatic rings. The molecule has 0 spiro atoms. The molecule has 1 aromatic heterocycles. The lowest BCUT2D eigenvalue weighted by Gasteiger charge is -2.17. The number of hydrogen-bond donors (Lipinski definition) is 1. The summed E-state index contributed by atoms with van der Waals surface area (Å²) in [4.78, 5) is 12.2. The van der Waals surface area contributed by atoms with Gasteiger partial charge in [0.2, 0.25) is 0 Å². The van der Waals surface area contributed by atoms with Gasteiger partial charge in [0.05, 0.1) is 0 Å². The van der Waals surface area contributed by atoms with E-state index in [-0.39, 0.29) is 5.69 Å². The zero-order valence-corrected chi connectivity index (χ0v) is 13.9. The zero-order valence-electron chi connectivity index (χ0n) is 13.9. The molecule has 0 atom stereocenters. The topological polar surface area (TPSA) is 34.0 Å². The molecule has 5 heteroatoms. The third kappa shape index (κ3) is 3.86. The second-order valence-electron chi connectivity index (χ2n) is 4.68. The van der Waals surface area contributed by atoms with E-state index in [0.717, 1.165) is 22.3 Å². The molecule has 0 radical (unpaired) electrons. The Morgan fingerprint density at radius 2 is 1.78 bits per heavy atom. The lowest BCUT2D eigenvalue weighted by molar-refractivity contribution is 0.564. The van der Waals surface area contributed by atoms with Crippen LogP contribution in [-0.4, -0.2) is 11.1 Å². The maximum atomic E-state index is 13.9. The van der Waals surface area contributed by atoms with Gasteiger partial charge in [0.1, 0.15) is 17.3 Å². The van der Waals surface area contributed by atoms with Crippen LogP contribution >= 0.6 is 0 Å². The first-order chi connectivity index (χ1) is 11.0. The second-order valence-corrected chi connectivity index (χ2v) is 4.68. The van der Waals surface area contributed by atoms with E-state index in [1.165, 1.54) is 12.1 Å². The number of anilines is 1. The van der Waals surface area contributed by atoms with Gasteiger partial charge < -0.3 is 5.32 Å². The van der Waals surface area contributed by atoms with Crippen molar-refractivity contribution >= 4 is 5.69 Å². The monoisotopic (exact) mass is 320 g/mol. The van der Waals surface area contributed by atoms with Crippen LogP contribution in [0.2, 0.25) is 0 Å². The Kier molecular flexibility index (Phi) is 6.69. The largest absolute Gasteiger partial charge is 0.381 e. The minimum Gasteiger partial charge on any atom is -0.381 e. The Balaban J connectivity index is 0.00000127. The molecule has 1 heterocycles. The first-order valence-electron chi connectivity index (χ1n) is 7.49. The molecule has 0 fully saturated rings. The van der Waals surface area contributed by atoms with Crippen LogP contribution in [-0.2, 0) is 0 Å². The molecule has 124 valence electrons. The van der Waals surface area contributed by atoms with E-state index in [4.69, 9.17) is 0 Å². The molecule has 0 saturated heterocycles. The number of hydrogen-bond acceptors (Lipinski definition) is 2. The number of pyridine rings is 1. The maximum Gasteiger partial charge on any atom is 0.257 e. The van der Waals surface area contributed by atoms with E-state index in [1.54, 1.807) is 19.9 Å². The van der Waals surface area contributed by atoms with Crippen LogP contribution in [0.1, 0.15) is 25.1 Å². The van der Waals surface area contributed by atoms with Crippen molar-refractivity contribution in [3.63, 3.8) is 0 Å². The van der Waals surface area contributed by atoms with E-state index in [9.17, 15) is 13.6 Å². The Morgan fingerprint density at radius 1 is 1.22 bits per heavy atom. The summed E-state index contributed by atoms with van der Waals surface area (Å²) in [6.07, 6.45) is 1.66. The van der Waals surface area contributed by atoms with Gasteiger partial charge in [0, 0.05) is 24.0 Å². The SMILES string of the molecule is C=CCNc1cc(=O)n(-c2c(F)cccc2F)c(C)c1C.CC. The summed E-state index contributed by atoms with van der Waals surface area (Å²) >= 11 is 0. The van der Waals surface area contributed by atoms with Crippen LogP contribution in [0.4, 0.5) is 14.5 Å². The molecule has 0 amide bonds. The van der Waals surface area contributed by atoms with Crippen LogP contribution in [0.15, 0.2) is 41.7 Å². The van der Waals surface area contributed by atoms with E-state index in [0.29, 0.717) is 17.9 Å². The van der Waals surface area contributed by atoms with Crippen molar-refractivity contribution in [2.24, 2.45) is 0 Å². The van der Waals surface area contributed by atoms with Crippen molar-refractivity contribution in [2.75, 3.05) is 11.9 Å². The molecule has 0 saturated carbocycles. The maximum absolute atomic E-state index is 13.9. The molecule has 0 aliphatic heterocycles. The fraction of sp³-hybridized carbons (Fsp3) is 0.278. The smallest absolute Gasteiger partial charge is 0.257 e. The van der Waals surface area contributed by atoms with Gasteiger partial charge in [-0.2, -0.15) is 0 Å². The van der Waals surface area contributed by atoms with Gasteiger partial charge in [0.25, 0.3) is 5.56 Å². The fourth-order valence-electron chi connectivity index (χ4n) is 2.17. The third-order valence-corrected chi connectivity index (χ3v) is 3.37. The van der Waals surface area contributed by atoms with Gasteiger partial charge in [-0.1, -0.05) is 26.0 Å². The number of aromatic nitrogens is 1. The van der Waals surface area contributed by atoms with Crippen LogP contribution < -0.4 is 10.9 Å². The van der Waals surface area contributed by atoms with E-state index in [1.807, 2.05) is 13.8 Å². The molecule has 0 aliphatic carbocycles. The lowest BCUT2D eigenvalue weighted by Crippen LogP contribution is -2.24. The van der Waals surface area contributed by atoms with E-state index >= 15 is 0 Å². The first-order valence-corrected chi connectivity index (χ1v) is 7.49. The summed E-state index contributed by atoms with van der Waals surface area (Å²) < 4.78 is 28.9. The standard InChI is InChI=1S/C16H16F2N2O.C2H6/c1-4-8-19-14-9-15(21)20(11(3)10(14)2)16-12(17)6-5-7-13(16)18;1-2/h4-7,9,19H,1,8H2,2-3H3;1-2H3. The molecular weight excluding hydrogens is 298 g/mol. The Labute approximate surface area is 135 Å². The Morgan fingerprint density at radius 3 is 2.30 bits per heavy atom. The van der Waals surface area contributed by atoms with Gasteiger partial charge in [-0.25, -0.2) is 8.78 Å². The lowest BCUT2D eigenvalue weighted by atomic mass is 10.1. The molecule has 2 rings (SSSR count). The van der Waals surface area contributed by atoms with Crippen LogP contribution in [0.5, 0.6) is 0 Å². The van der Waals surface area contributed by atoms with Crippen molar-refractivity contribution in [2.45, 2.75) is 27.7 Å². The molecule has 23 heavy (non-hydrogen) atoms. The van der Waals surface area contributed by atoms with Crippen molar-refractivity contribution < 1.29 is 8.78 Å². The summed E-state index contributed by atoms with van der Waals surface area (Å²) in [5.74, 6) is -1.54. The number of benzene rings is 1. The Hall–Kier alpha value is -2.43. The van der Waals surface area contributed by atoms with Crippen molar-refractivity contribution in [1.29, 1.82) is 0 Å². The predicted octanol–water partition coefficient (Wildman–Crippen LogP) is 4.36. The second kappa shape index (κ2) is 8.27. The molecule has 2 aromatic rings. The fourth-order valence-corrected chi connectivity index (χ4v) is 2.17. The van der Waals surface area contributed by atoms with E-state index in [2.05, 4.69) is 11.9 Å². The first kappa shape index (κ1) is 18.6. The highest BCUT2D eigenvalue weighted by molar-refractivity contribution is 5.54. The highest BCUT2D eigenvalue weighted by Crippen LogP contribution is 2.22. The molecule has 0 unspecified atom stereocenters. The summed E-state index contributed by atoms with van der Waals surface area (Å²) in [5.41, 5.74) is 1.02. The number of nitrogens with zero attached hydrogens (tertiary/aromatic N) is 1. The van der Waals surface area contributed by atoms with Gasteiger partial charge in [-0.3, -0.25) is 9.36 Å². The highest BCUT2D eigenvalue weighted by Gasteiger charge is 2.16. The van der Waals surface area contributed by atoms with Crippen LogP contribution in [0.3, 0.4) is 0 Å². The molecule has 1 N–H and O–H groups in total. The number of nitrogens with one attached hydrogen (secondary N) is 1. The minimum absolute atomic E-state index is 0.349. The summed E-state index contributed by atoms with van der Waals surface area (Å²) in [6.45, 7) is 11.5. The average molecular weight is 320 g/mol. The summed E-state index contributed by atoms with van der Waals surface area (Å²) in [7, 11) is 0. The van der Waals surface area contributed by atoms with Gasteiger partial charge in [0.15, 0.2) is 0 Å². The summed E-state index contributed by atoms with van der Waals surface area (Å²) in [6, 6.07) is 4.85. The molecular formula is C18H22F2N2O. The van der Waals surface area contributed by atoms with Gasteiger partial charge in [-0.15, -0.1) is 6.58 Å².